The van der Waals surface area contributed by atoms with Crippen molar-refractivity contribution in [3.63, 3.8) is 0 Å². The minimum atomic E-state index is -3.57. The highest BCUT2D eigenvalue weighted by atomic mass is 32.2. The summed E-state index contributed by atoms with van der Waals surface area (Å²) >= 11 is 0. The zero-order chi connectivity index (χ0) is 21.3. The fraction of sp³-hybridized carbons (Fsp3) is 0.696. The maximum Gasteiger partial charge on any atom is 0.240 e. The molecule has 0 spiro atoms. The van der Waals surface area contributed by atoms with Crippen LogP contribution >= 0.6 is 0 Å². The summed E-state index contributed by atoms with van der Waals surface area (Å²) in [5.41, 5.74) is 2.12. The van der Waals surface area contributed by atoms with Gasteiger partial charge in [-0.05, 0) is 88.7 Å². The Labute approximate surface area is 180 Å². The monoisotopic (exact) mass is 433 g/mol. The van der Waals surface area contributed by atoms with Crippen LogP contribution in [0.15, 0.2) is 23.1 Å². The Balaban J connectivity index is 1.43. The lowest BCUT2D eigenvalue weighted by Crippen LogP contribution is -2.46. The second-order valence-electron chi connectivity index (χ2n) is 9.47. The lowest BCUT2D eigenvalue weighted by Gasteiger charge is -2.34. The van der Waals surface area contributed by atoms with Crippen LogP contribution in [-0.4, -0.2) is 44.4 Å². The summed E-state index contributed by atoms with van der Waals surface area (Å²) in [6.07, 6.45) is 7.60. The van der Waals surface area contributed by atoms with Gasteiger partial charge >= 0.3 is 0 Å². The van der Waals surface area contributed by atoms with Crippen LogP contribution in [0.1, 0.15) is 76.0 Å². The molecule has 0 aromatic heterocycles. The van der Waals surface area contributed by atoms with Gasteiger partial charge in [-0.1, -0.05) is 18.9 Å². The summed E-state index contributed by atoms with van der Waals surface area (Å²) in [6, 6.07) is 5.83. The first-order valence-electron chi connectivity index (χ1n) is 11.5. The molecule has 2 fully saturated rings. The van der Waals surface area contributed by atoms with Crippen molar-refractivity contribution in [1.29, 1.82) is 0 Å². The standard InChI is InChI=1S/C23H35N3O3S/c1-16(2)26-13-11-19(12-14-26)25-30(28,29)20-9-7-17-8-10-22(21(17)15-20)24-23(27)18-5-3-4-6-18/h7,9,15-16,18-19,22,25H,3-6,8,10-14H2,1-2H3,(H,24,27). The molecule has 1 saturated carbocycles. The fourth-order valence-electron chi connectivity index (χ4n) is 5.20. The highest BCUT2D eigenvalue weighted by molar-refractivity contribution is 7.89. The van der Waals surface area contributed by atoms with Gasteiger partial charge in [0.25, 0.3) is 0 Å². The van der Waals surface area contributed by atoms with Crippen LogP contribution in [0.4, 0.5) is 0 Å². The Bertz CT molecular complexity index is 870. The van der Waals surface area contributed by atoms with Crippen LogP contribution in [0.2, 0.25) is 0 Å². The third kappa shape index (κ3) is 4.73. The van der Waals surface area contributed by atoms with Gasteiger partial charge in [-0.3, -0.25) is 4.79 Å². The summed E-state index contributed by atoms with van der Waals surface area (Å²) in [5.74, 6) is 0.257. The van der Waals surface area contributed by atoms with Gasteiger partial charge < -0.3 is 10.2 Å². The maximum atomic E-state index is 13.0. The predicted molar refractivity (Wildman–Crippen MR) is 118 cm³/mol. The Morgan fingerprint density at radius 1 is 1.07 bits per heavy atom. The molecule has 1 aliphatic heterocycles. The lowest BCUT2D eigenvalue weighted by molar-refractivity contribution is -0.125. The number of sulfonamides is 1. The molecule has 2 N–H and O–H groups in total. The van der Waals surface area contributed by atoms with Crippen LogP contribution in [0.25, 0.3) is 0 Å². The van der Waals surface area contributed by atoms with E-state index in [1.54, 1.807) is 12.1 Å². The minimum absolute atomic E-state index is 0.0175. The number of carbonyl (C=O) groups excluding carboxylic acids is 1. The van der Waals surface area contributed by atoms with E-state index in [4.69, 9.17) is 0 Å². The summed E-state index contributed by atoms with van der Waals surface area (Å²) in [5, 5.41) is 3.19. The summed E-state index contributed by atoms with van der Waals surface area (Å²) in [7, 11) is -3.57. The van der Waals surface area contributed by atoms with Crippen LogP contribution in [0, 0.1) is 5.92 Å². The Morgan fingerprint density at radius 3 is 2.43 bits per heavy atom. The number of rotatable bonds is 6. The normalized spacial score (nSPS) is 23.8. The summed E-state index contributed by atoms with van der Waals surface area (Å²) < 4.78 is 29.0. The van der Waals surface area contributed by atoms with Gasteiger partial charge in [-0.15, -0.1) is 0 Å². The van der Waals surface area contributed by atoms with E-state index in [1.165, 1.54) is 0 Å². The van der Waals surface area contributed by atoms with Crippen LogP contribution < -0.4 is 10.0 Å². The smallest absolute Gasteiger partial charge is 0.240 e. The van der Waals surface area contributed by atoms with E-state index in [2.05, 4.69) is 28.8 Å². The number of nitrogens with one attached hydrogen (secondary N) is 2. The van der Waals surface area contributed by atoms with Crippen molar-refractivity contribution in [1.82, 2.24) is 14.9 Å². The number of piperidine rings is 1. The van der Waals surface area contributed by atoms with E-state index in [1.807, 2.05) is 6.07 Å². The van der Waals surface area contributed by atoms with Crippen molar-refractivity contribution in [2.24, 2.45) is 5.92 Å². The SMILES string of the molecule is CC(C)N1CCC(NS(=O)(=O)c2ccc3c(c2)C(NC(=O)C2CCCC2)CC3)CC1. The van der Waals surface area contributed by atoms with E-state index >= 15 is 0 Å². The molecule has 1 atom stereocenters. The molecular formula is C23H35N3O3S. The number of fused-ring (bicyclic) bond motifs is 1. The van der Waals surface area contributed by atoms with E-state index in [0.717, 1.165) is 75.6 Å². The van der Waals surface area contributed by atoms with Crippen molar-refractivity contribution in [2.45, 2.75) is 88.2 Å². The van der Waals surface area contributed by atoms with E-state index in [0.29, 0.717) is 10.9 Å². The Hall–Kier alpha value is -1.44. The van der Waals surface area contributed by atoms with E-state index < -0.39 is 10.0 Å². The number of hydrogen-bond acceptors (Lipinski definition) is 4. The number of aryl methyl sites for hydroxylation is 1. The molecule has 1 saturated heterocycles. The molecule has 2 aliphatic carbocycles. The van der Waals surface area contributed by atoms with Crippen LogP contribution in [0.3, 0.4) is 0 Å². The summed E-state index contributed by atoms with van der Waals surface area (Å²) in [4.78, 5) is 15.3. The van der Waals surface area contributed by atoms with E-state index in [-0.39, 0.29) is 23.9 Å². The Kier molecular flexibility index (Phi) is 6.51. The lowest BCUT2D eigenvalue weighted by atomic mass is 10.0. The molecule has 0 bridgehead atoms. The largest absolute Gasteiger partial charge is 0.349 e. The molecule has 30 heavy (non-hydrogen) atoms. The third-order valence-corrected chi connectivity index (χ3v) is 8.65. The molecule has 0 radical (unpaired) electrons. The third-order valence-electron chi connectivity index (χ3n) is 7.13. The molecule has 1 aromatic carbocycles. The van der Waals surface area contributed by atoms with Gasteiger partial charge in [0, 0.05) is 18.0 Å². The predicted octanol–water partition coefficient (Wildman–Crippen LogP) is 3.13. The van der Waals surface area contributed by atoms with Gasteiger partial charge in [0.1, 0.15) is 0 Å². The van der Waals surface area contributed by atoms with Gasteiger partial charge in [0.15, 0.2) is 0 Å². The van der Waals surface area contributed by atoms with Gasteiger partial charge in [0.2, 0.25) is 15.9 Å². The quantitative estimate of drug-likeness (QED) is 0.722. The first-order valence-corrected chi connectivity index (χ1v) is 13.0. The molecule has 166 valence electrons. The van der Waals surface area contributed by atoms with Crippen molar-refractivity contribution >= 4 is 15.9 Å². The minimum Gasteiger partial charge on any atom is -0.349 e. The molecule has 3 aliphatic rings. The molecule has 1 amide bonds. The molecule has 1 unspecified atom stereocenters. The van der Waals surface area contributed by atoms with Crippen molar-refractivity contribution < 1.29 is 13.2 Å². The highest BCUT2D eigenvalue weighted by Gasteiger charge is 2.31. The van der Waals surface area contributed by atoms with Crippen molar-refractivity contribution in [3.8, 4) is 0 Å². The molecule has 1 heterocycles. The number of amides is 1. The van der Waals surface area contributed by atoms with Gasteiger partial charge in [-0.2, -0.15) is 0 Å². The molecule has 4 rings (SSSR count). The van der Waals surface area contributed by atoms with Gasteiger partial charge in [0.05, 0.1) is 10.9 Å². The second-order valence-corrected chi connectivity index (χ2v) is 11.2. The first-order chi connectivity index (χ1) is 14.3. The molecule has 1 aromatic rings. The zero-order valence-electron chi connectivity index (χ0n) is 18.2. The zero-order valence-corrected chi connectivity index (χ0v) is 19.0. The molecular weight excluding hydrogens is 398 g/mol. The number of nitrogens with zero attached hydrogens (tertiary/aromatic N) is 1. The number of benzene rings is 1. The number of likely N-dealkylation sites (tertiary alicyclic amines) is 1. The average Bonchev–Trinajstić information content (AvgIpc) is 3.38. The van der Waals surface area contributed by atoms with Gasteiger partial charge in [-0.25, -0.2) is 13.1 Å². The highest BCUT2D eigenvalue weighted by Crippen LogP contribution is 2.34. The van der Waals surface area contributed by atoms with Crippen LogP contribution in [0.5, 0.6) is 0 Å². The van der Waals surface area contributed by atoms with Crippen LogP contribution in [-0.2, 0) is 21.2 Å². The summed E-state index contributed by atoms with van der Waals surface area (Å²) in [6.45, 7) is 6.20. The topological polar surface area (TPSA) is 78.5 Å². The van der Waals surface area contributed by atoms with E-state index in [9.17, 15) is 13.2 Å². The first kappa shape index (κ1) is 21.8. The number of hydrogen-bond donors (Lipinski definition) is 2. The second kappa shape index (κ2) is 8.97. The Morgan fingerprint density at radius 2 is 1.77 bits per heavy atom. The van der Waals surface area contributed by atoms with Crippen molar-refractivity contribution in [2.75, 3.05) is 13.1 Å². The molecule has 6 nitrogen and oxygen atoms in total. The number of carbonyl (C=O) groups is 1. The fourth-order valence-corrected chi connectivity index (χ4v) is 6.54. The maximum absolute atomic E-state index is 13.0. The average molecular weight is 434 g/mol. The van der Waals surface area contributed by atoms with Crippen molar-refractivity contribution in [3.05, 3.63) is 29.3 Å². The molecule has 7 heteroatoms.